The zero-order valence-corrected chi connectivity index (χ0v) is 20.7. The number of fused-ring (bicyclic) bond motifs is 2. The van der Waals surface area contributed by atoms with Crippen LogP contribution in [0.15, 0.2) is 36.5 Å². The Morgan fingerprint density at radius 1 is 1.17 bits per heavy atom. The van der Waals surface area contributed by atoms with Gasteiger partial charge < -0.3 is 30.7 Å². The van der Waals surface area contributed by atoms with Crippen molar-refractivity contribution in [1.82, 2.24) is 15.3 Å². The summed E-state index contributed by atoms with van der Waals surface area (Å²) in [4.78, 5) is 33.5. The second-order valence-electron chi connectivity index (χ2n) is 9.13. The number of anilines is 5. The summed E-state index contributed by atoms with van der Waals surface area (Å²) in [6, 6.07) is 9.09. The first-order valence-corrected chi connectivity index (χ1v) is 11.8. The van der Waals surface area contributed by atoms with Crippen LogP contribution in [-0.2, 0) is 10.2 Å². The van der Waals surface area contributed by atoms with Gasteiger partial charge in [-0.1, -0.05) is 31.5 Å². The summed E-state index contributed by atoms with van der Waals surface area (Å²) in [6.45, 7) is 4.29. The summed E-state index contributed by atoms with van der Waals surface area (Å²) in [5, 5.41) is 12.1. The molecule has 0 spiro atoms. The molecule has 4 N–H and O–H groups in total. The molecular formula is C25H25ClN6O4. The normalized spacial score (nSPS) is 15.4. The second kappa shape index (κ2) is 9.19. The molecule has 0 radical (unpaired) electrons. The van der Waals surface area contributed by atoms with Crippen LogP contribution in [0.2, 0.25) is 5.02 Å². The van der Waals surface area contributed by atoms with Crippen molar-refractivity contribution in [2.24, 2.45) is 0 Å². The highest BCUT2D eigenvalue weighted by Crippen LogP contribution is 2.43. The fraction of sp³-hybridized carbons (Fsp3) is 0.280. The van der Waals surface area contributed by atoms with Crippen LogP contribution in [0.5, 0.6) is 11.5 Å². The topological polar surface area (TPSA) is 127 Å². The number of ether oxygens (including phenoxy) is 2. The molecule has 0 saturated carbocycles. The second-order valence-corrected chi connectivity index (χ2v) is 9.54. The SMILES string of the molecule is CNC(=O)c1ccc2c(c1Nc1nc(Nc3ccc4c(c3)NC(=O)CCC4(C)C)ncc1Cl)OCO2. The zero-order chi connectivity index (χ0) is 25.4. The van der Waals surface area contributed by atoms with Gasteiger partial charge in [-0.05, 0) is 41.7 Å². The smallest absolute Gasteiger partial charge is 0.253 e. The number of aromatic nitrogens is 2. The molecule has 2 amide bonds. The maximum Gasteiger partial charge on any atom is 0.253 e. The van der Waals surface area contributed by atoms with E-state index >= 15 is 0 Å². The van der Waals surface area contributed by atoms with Crippen molar-refractivity contribution < 1.29 is 19.1 Å². The van der Waals surface area contributed by atoms with Gasteiger partial charge in [-0.15, -0.1) is 0 Å². The van der Waals surface area contributed by atoms with Crippen molar-refractivity contribution in [3.63, 3.8) is 0 Å². The molecule has 2 aromatic carbocycles. The van der Waals surface area contributed by atoms with Gasteiger partial charge in [0.2, 0.25) is 18.6 Å². The van der Waals surface area contributed by atoms with E-state index in [9.17, 15) is 9.59 Å². The van der Waals surface area contributed by atoms with Crippen LogP contribution in [0.1, 0.15) is 42.6 Å². The number of rotatable bonds is 5. The Morgan fingerprint density at radius 2 is 2.00 bits per heavy atom. The van der Waals surface area contributed by atoms with Crippen LogP contribution in [0, 0.1) is 0 Å². The monoisotopic (exact) mass is 508 g/mol. The molecule has 2 aliphatic heterocycles. The molecule has 11 heteroatoms. The Bertz CT molecular complexity index is 1380. The van der Waals surface area contributed by atoms with Gasteiger partial charge in [0.1, 0.15) is 5.02 Å². The molecule has 0 fully saturated rings. The van der Waals surface area contributed by atoms with E-state index in [2.05, 4.69) is 45.1 Å². The first-order chi connectivity index (χ1) is 17.2. The third-order valence-corrected chi connectivity index (χ3v) is 6.53. The Labute approximate surface area is 212 Å². The zero-order valence-electron chi connectivity index (χ0n) is 20.0. The lowest BCUT2D eigenvalue weighted by molar-refractivity contribution is -0.116. The number of benzene rings is 2. The standard InChI is InChI=1S/C25H25ClN6O4/c1-25(2)9-8-19(33)30-17-10-13(4-6-15(17)25)29-24-28-11-16(26)22(32-24)31-20-14(23(34)27-3)5-7-18-21(20)36-12-35-18/h4-7,10-11H,8-9,12H2,1-3H3,(H,27,34)(H,30,33)(H2,28,29,31,32). The van der Waals surface area contributed by atoms with Crippen molar-refractivity contribution in [1.29, 1.82) is 0 Å². The van der Waals surface area contributed by atoms with Gasteiger partial charge in [-0.3, -0.25) is 9.59 Å². The number of halogens is 1. The van der Waals surface area contributed by atoms with Crippen LogP contribution in [0.3, 0.4) is 0 Å². The Kier molecular flexibility index (Phi) is 6.05. The highest BCUT2D eigenvalue weighted by Gasteiger charge is 2.29. The largest absolute Gasteiger partial charge is 0.454 e. The van der Waals surface area contributed by atoms with Crippen LogP contribution in [-0.4, -0.2) is 35.6 Å². The predicted molar refractivity (Wildman–Crippen MR) is 137 cm³/mol. The maximum atomic E-state index is 12.5. The minimum Gasteiger partial charge on any atom is -0.454 e. The number of amides is 2. The Hall–Kier alpha value is -4.05. The van der Waals surface area contributed by atoms with Crippen LogP contribution in [0.25, 0.3) is 0 Å². The lowest BCUT2D eigenvalue weighted by Crippen LogP contribution is -2.19. The highest BCUT2D eigenvalue weighted by molar-refractivity contribution is 6.33. The van der Waals surface area contributed by atoms with Crippen molar-refractivity contribution in [2.75, 3.05) is 29.8 Å². The molecule has 3 heterocycles. The average Bonchev–Trinajstić information content (AvgIpc) is 3.30. The minimum absolute atomic E-state index is 0.0123. The van der Waals surface area contributed by atoms with Crippen molar-refractivity contribution in [3.8, 4) is 11.5 Å². The van der Waals surface area contributed by atoms with Gasteiger partial charge in [-0.2, -0.15) is 4.98 Å². The fourth-order valence-corrected chi connectivity index (χ4v) is 4.41. The van der Waals surface area contributed by atoms with Crippen LogP contribution in [0.4, 0.5) is 28.8 Å². The number of hydrogen-bond acceptors (Lipinski definition) is 8. The molecule has 0 atom stereocenters. The number of carbonyl (C=O) groups excluding carboxylic acids is 2. The van der Waals surface area contributed by atoms with Crippen molar-refractivity contribution >= 4 is 52.2 Å². The van der Waals surface area contributed by atoms with Gasteiger partial charge in [-0.25, -0.2) is 4.98 Å². The lowest BCUT2D eigenvalue weighted by Gasteiger charge is -2.25. The quantitative estimate of drug-likeness (QED) is 0.390. The van der Waals surface area contributed by atoms with E-state index in [1.54, 1.807) is 19.2 Å². The van der Waals surface area contributed by atoms with Crippen molar-refractivity contribution in [3.05, 3.63) is 52.7 Å². The molecular weight excluding hydrogens is 484 g/mol. The maximum absolute atomic E-state index is 12.5. The van der Waals surface area contributed by atoms with Gasteiger partial charge in [0.25, 0.3) is 5.91 Å². The number of nitrogens with one attached hydrogen (secondary N) is 4. The van der Waals surface area contributed by atoms with Gasteiger partial charge in [0.05, 0.1) is 17.4 Å². The summed E-state index contributed by atoms with van der Waals surface area (Å²) in [6.07, 6.45) is 2.69. The number of hydrogen-bond donors (Lipinski definition) is 4. The third-order valence-electron chi connectivity index (χ3n) is 6.25. The number of nitrogens with zero attached hydrogens (tertiary/aromatic N) is 2. The summed E-state index contributed by atoms with van der Waals surface area (Å²) in [5.41, 5.74) is 3.11. The molecule has 10 nitrogen and oxygen atoms in total. The minimum atomic E-state index is -0.311. The van der Waals surface area contributed by atoms with E-state index < -0.39 is 0 Å². The van der Waals surface area contributed by atoms with Gasteiger partial charge in [0.15, 0.2) is 17.3 Å². The summed E-state index contributed by atoms with van der Waals surface area (Å²) < 4.78 is 11.0. The van der Waals surface area contributed by atoms with E-state index in [1.807, 2.05) is 18.2 Å². The molecule has 5 rings (SSSR count). The predicted octanol–water partition coefficient (Wildman–Crippen LogP) is 4.72. The summed E-state index contributed by atoms with van der Waals surface area (Å²) >= 11 is 6.39. The van der Waals surface area contributed by atoms with E-state index in [0.29, 0.717) is 34.9 Å². The molecule has 186 valence electrons. The molecule has 3 aromatic rings. The van der Waals surface area contributed by atoms with Gasteiger partial charge in [0, 0.05) is 24.8 Å². The third kappa shape index (κ3) is 4.47. The lowest BCUT2D eigenvalue weighted by atomic mass is 9.80. The first kappa shape index (κ1) is 23.7. The molecule has 2 aliphatic rings. The first-order valence-electron chi connectivity index (χ1n) is 11.4. The molecule has 0 saturated heterocycles. The highest BCUT2D eigenvalue weighted by atomic mass is 35.5. The van der Waals surface area contributed by atoms with E-state index in [0.717, 1.165) is 17.7 Å². The molecule has 0 unspecified atom stereocenters. The summed E-state index contributed by atoms with van der Waals surface area (Å²) in [5.74, 6) is 1.11. The summed E-state index contributed by atoms with van der Waals surface area (Å²) in [7, 11) is 1.54. The van der Waals surface area contributed by atoms with E-state index in [-0.39, 0.29) is 40.8 Å². The molecule has 0 bridgehead atoms. The van der Waals surface area contributed by atoms with E-state index in [4.69, 9.17) is 21.1 Å². The van der Waals surface area contributed by atoms with E-state index in [1.165, 1.54) is 6.20 Å². The number of carbonyl (C=O) groups is 2. The average molecular weight is 509 g/mol. The van der Waals surface area contributed by atoms with Gasteiger partial charge >= 0.3 is 0 Å². The Morgan fingerprint density at radius 3 is 2.81 bits per heavy atom. The molecule has 0 aliphatic carbocycles. The Balaban J connectivity index is 1.46. The van der Waals surface area contributed by atoms with Crippen molar-refractivity contribution in [2.45, 2.75) is 32.1 Å². The molecule has 1 aromatic heterocycles. The fourth-order valence-electron chi connectivity index (χ4n) is 4.27. The van der Waals surface area contributed by atoms with Crippen LogP contribution < -0.4 is 30.7 Å². The molecule has 36 heavy (non-hydrogen) atoms. The van der Waals surface area contributed by atoms with Crippen LogP contribution >= 0.6 is 11.6 Å².